The second-order valence-electron chi connectivity index (χ2n) is 5.48. The third kappa shape index (κ3) is 3.10. The van der Waals surface area contributed by atoms with Crippen LogP contribution in [-0.2, 0) is 26.1 Å². The summed E-state index contributed by atoms with van der Waals surface area (Å²) in [6.45, 7) is 0.984. The molecule has 0 radical (unpaired) electrons. The van der Waals surface area contributed by atoms with E-state index in [-0.39, 0.29) is 18.2 Å². The van der Waals surface area contributed by atoms with Crippen LogP contribution in [0.3, 0.4) is 0 Å². The van der Waals surface area contributed by atoms with E-state index in [1.807, 2.05) is 0 Å². The molecule has 1 aliphatic heterocycles. The van der Waals surface area contributed by atoms with E-state index >= 15 is 0 Å². The van der Waals surface area contributed by atoms with Crippen LogP contribution in [0.25, 0.3) is 0 Å². The number of hydrogen-bond acceptors (Lipinski definition) is 6. The molecule has 0 N–H and O–H groups in total. The number of rotatable bonds is 5. The Morgan fingerprint density at radius 1 is 1.39 bits per heavy atom. The van der Waals surface area contributed by atoms with E-state index in [0.29, 0.717) is 37.8 Å². The molecule has 0 spiro atoms. The number of carbonyl (C=O) groups excluding carboxylic acids is 1. The maximum Gasteiger partial charge on any atom is 0.306 e. The van der Waals surface area contributed by atoms with Gasteiger partial charge in [0.15, 0.2) is 5.82 Å². The Balaban J connectivity index is 1.86. The Bertz CT molecular complexity index is 678. The molecule has 0 saturated carbocycles. The number of nitrogens with zero attached hydrogens (tertiary/aromatic N) is 2. The standard InChI is InChI=1S/C16H17FN2O4/c1-21-14(20)7-6-13-18-15(19-23-13)16(8-9-22-10-16)11-2-4-12(17)5-3-11/h2-5H,6-10H2,1H3. The molecular weight excluding hydrogens is 303 g/mol. The van der Waals surface area contributed by atoms with Crippen molar-refractivity contribution in [1.29, 1.82) is 0 Å². The number of ether oxygens (including phenoxy) is 2. The molecule has 0 bridgehead atoms. The molecule has 0 amide bonds. The summed E-state index contributed by atoms with van der Waals surface area (Å²) in [5.41, 5.74) is 0.345. The topological polar surface area (TPSA) is 74.5 Å². The van der Waals surface area contributed by atoms with Gasteiger partial charge in [0.1, 0.15) is 5.82 Å². The molecule has 7 heteroatoms. The number of esters is 1. The first-order valence-corrected chi connectivity index (χ1v) is 7.38. The maximum absolute atomic E-state index is 13.2. The summed E-state index contributed by atoms with van der Waals surface area (Å²) < 4.78 is 28.6. The lowest BCUT2D eigenvalue weighted by molar-refractivity contribution is -0.140. The normalized spacial score (nSPS) is 20.6. The Hall–Kier alpha value is -2.28. The van der Waals surface area contributed by atoms with Gasteiger partial charge in [-0.1, -0.05) is 17.3 Å². The first kappa shape index (κ1) is 15.6. The van der Waals surface area contributed by atoms with E-state index in [0.717, 1.165) is 5.56 Å². The van der Waals surface area contributed by atoms with Crippen LogP contribution in [-0.4, -0.2) is 36.4 Å². The lowest BCUT2D eigenvalue weighted by atomic mass is 9.79. The molecule has 1 fully saturated rings. The molecule has 6 nitrogen and oxygen atoms in total. The molecule has 1 saturated heterocycles. The fourth-order valence-corrected chi connectivity index (χ4v) is 2.73. The van der Waals surface area contributed by atoms with E-state index in [1.54, 1.807) is 12.1 Å². The molecule has 3 rings (SSSR count). The summed E-state index contributed by atoms with van der Waals surface area (Å²) in [4.78, 5) is 15.6. The van der Waals surface area contributed by atoms with Crippen molar-refractivity contribution in [2.75, 3.05) is 20.3 Å². The Labute approximate surface area is 132 Å². The number of carbonyl (C=O) groups is 1. The van der Waals surface area contributed by atoms with Crippen LogP contribution in [0, 0.1) is 5.82 Å². The fraction of sp³-hybridized carbons (Fsp3) is 0.438. The highest BCUT2D eigenvalue weighted by atomic mass is 19.1. The molecule has 122 valence electrons. The highest BCUT2D eigenvalue weighted by molar-refractivity contribution is 5.69. The average Bonchev–Trinajstić information content (AvgIpc) is 3.23. The first-order chi connectivity index (χ1) is 11.1. The van der Waals surface area contributed by atoms with E-state index in [1.165, 1.54) is 19.2 Å². The first-order valence-electron chi connectivity index (χ1n) is 7.38. The Kier molecular flexibility index (Phi) is 4.38. The molecular formula is C16H17FN2O4. The van der Waals surface area contributed by atoms with Gasteiger partial charge in [-0.2, -0.15) is 4.98 Å². The van der Waals surface area contributed by atoms with Crippen molar-refractivity contribution in [3.63, 3.8) is 0 Å². The minimum Gasteiger partial charge on any atom is -0.469 e. The van der Waals surface area contributed by atoms with Gasteiger partial charge in [-0.05, 0) is 24.1 Å². The molecule has 23 heavy (non-hydrogen) atoms. The number of aryl methyl sites for hydroxylation is 1. The van der Waals surface area contributed by atoms with Gasteiger partial charge in [0, 0.05) is 13.0 Å². The molecule has 1 aromatic carbocycles. The van der Waals surface area contributed by atoms with Crippen LogP contribution < -0.4 is 0 Å². The van der Waals surface area contributed by atoms with Gasteiger partial charge >= 0.3 is 5.97 Å². The van der Waals surface area contributed by atoms with Crippen molar-refractivity contribution in [2.24, 2.45) is 0 Å². The monoisotopic (exact) mass is 320 g/mol. The van der Waals surface area contributed by atoms with Crippen molar-refractivity contribution in [2.45, 2.75) is 24.7 Å². The zero-order valence-corrected chi connectivity index (χ0v) is 12.8. The highest BCUT2D eigenvalue weighted by Gasteiger charge is 2.42. The number of benzene rings is 1. The van der Waals surface area contributed by atoms with Crippen LogP contribution in [0.4, 0.5) is 4.39 Å². The zero-order valence-electron chi connectivity index (χ0n) is 12.8. The number of methoxy groups -OCH3 is 1. The van der Waals surface area contributed by atoms with Crippen molar-refractivity contribution >= 4 is 5.97 Å². The lowest BCUT2D eigenvalue weighted by Crippen LogP contribution is -2.29. The van der Waals surface area contributed by atoms with E-state index in [2.05, 4.69) is 14.9 Å². The predicted octanol–water partition coefficient (Wildman–Crippen LogP) is 2.02. The predicted molar refractivity (Wildman–Crippen MR) is 77.3 cm³/mol. The molecule has 1 aromatic heterocycles. The van der Waals surface area contributed by atoms with Gasteiger partial charge in [-0.3, -0.25) is 4.79 Å². The number of hydrogen-bond donors (Lipinski definition) is 0. The molecule has 0 aliphatic carbocycles. The molecule has 1 aliphatic rings. The van der Waals surface area contributed by atoms with E-state index in [9.17, 15) is 9.18 Å². The minimum absolute atomic E-state index is 0.179. The maximum atomic E-state index is 13.2. The third-order valence-electron chi connectivity index (χ3n) is 4.09. The third-order valence-corrected chi connectivity index (χ3v) is 4.09. The summed E-state index contributed by atoms with van der Waals surface area (Å²) in [7, 11) is 1.33. The van der Waals surface area contributed by atoms with Gasteiger partial charge in [0.05, 0.1) is 25.6 Å². The molecule has 1 atom stereocenters. The van der Waals surface area contributed by atoms with Gasteiger partial charge in [-0.15, -0.1) is 0 Å². The summed E-state index contributed by atoms with van der Waals surface area (Å²) in [5, 5.41) is 4.06. The molecule has 2 heterocycles. The van der Waals surface area contributed by atoms with Crippen molar-refractivity contribution in [3.8, 4) is 0 Å². The van der Waals surface area contributed by atoms with E-state index < -0.39 is 5.41 Å². The van der Waals surface area contributed by atoms with Crippen molar-refractivity contribution < 1.29 is 23.2 Å². The van der Waals surface area contributed by atoms with Crippen LogP contribution >= 0.6 is 0 Å². The molecule has 1 unspecified atom stereocenters. The number of aromatic nitrogens is 2. The van der Waals surface area contributed by atoms with Gasteiger partial charge in [-0.25, -0.2) is 4.39 Å². The number of halogens is 1. The van der Waals surface area contributed by atoms with Crippen molar-refractivity contribution in [1.82, 2.24) is 10.1 Å². The largest absolute Gasteiger partial charge is 0.469 e. The van der Waals surface area contributed by atoms with Crippen LogP contribution in [0.15, 0.2) is 28.8 Å². The Morgan fingerprint density at radius 2 is 2.17 bits per heavy atom. The van der Waals surface area contributed by atoms with Gasteiger partial charge < -0.3 is 14.0 Å². The fourth-order valence-electron chi connectivity index (χ4n) is 2.73. The summed E-state index contributed by atoms with van der Waals surface area (Å²) in [6, 6.07) is 6.25. The van der Waals surface area contributed by atoms with Crippen LogP contribution in [0.1, 0.15) is 30.1 Å². The SMILES string of the molecule is COC(=O)CCc1nc(C2(c3ccc(F)cc3)CCOC2)no1. The quantitative estimate of drug-likeness (QED) is 0.785. The minimum atomic E-state index is -0.541. The Morgan fingerprint density at radius 3 is 2.83 bits per heavy atom. The van der Waals surface area contributed by atoms with Crippen LogP contribution in [0.2, 0.25) is 0 Å². The zero-order chi connectivity index (χ0) is 16.3. The van der Waals surface area contributed by atoms with Gasteiger partial charge in [0.25, 0.3) is 0 Å². The van der Waals surface area contributed by atoms with E-state index in [4.69, 9.17) is 9.26 Å². The molecule has 2 aromatic rings. The smallest absolute Gasteiger partial charge is 0.306 e. The highest BCUT2D eigenvalue weighted by Crippen LogP contribution is 2.38. The second kappa shape index (κ2) is 6.45. The van der Waals surface area contributed by atoms with Crippen LogP contribution in [0.5, 0.6) is 0 Å². The second-order valence-corrected chi connectivity index (χ2v) is 5.48. The summed E-state index contributed by atoms with van der Waals surface area (Å²) >= 11 is 0. The van der Waals surface area contributed by atoms with Gasteiger partial charge in [0.2, 0.25) is 5.89 Å². The average molecular weight is 320 g/mol. The summed E-state index contributed by atoms with van der Waals surface area (Å²) in [5.74, 6) is 0.247. The van der Waals surface area contributed by atoms with Crippen molar-refractivity contribution in [3.05, 3.63) is 47.4 Å². The lowest BCUT2D eigenvalue weighted by Gasteiger charge is -2.23. The summed E-state index contributed by atoms with van der Waals surface area (Å²) in [6.07, 6.45) is 1.19.